The van der Waals surface area contributed by atoms with E-state index < -0.39 is 106 Å². The first-order chi connectivity index (χ1) is 15.8. The van der Waals surface area contributed by atoms with E-state index in [-0.39, 0.29) is 0 Å². The first-order valence-corrected chi connectivity index (χ1v) is 13.0. The second-order valence-electron chi connectivity index (χ2n) is 6.99. The Morgan fingerprint density at radius 2 is 1.23 bits per heavy atom. The second kappa shape index (κ2) is 11.4. The van der Waals surface area contributed by atoms with Crippen LogP contribution in [0.15, 0.2) is 0 Å². The van der Waals surface area contributed by atoms with Crippen LogP contribution in [-0.2, 0) is 58.0 Å². The van der Waals surface area contributed by atoms with Gasteiger partial charge in [-0.25, -0.2) is 25.3 Å². The van der Waals surface area contributed by atoms with Crippen LogP contribution in [0.4, 0.5) is 0 Å². The largest absolute Gasteiger partial charge is 0.726 e. The molecule has 0 aliphatic carbocycles. The van der Waals surface area contributed by atoms with Crippen LogP contribution in [0.3, 0.4) is 0 Å². The lowest BCUT2D eigenvalue weighted by Gasteiger charge is -2.47. The van der Waals surface area contributed by atoms with Gasteiger partial charge in [0.25, 0.3) is 0 Å². The van der Waals surface area contributed by atoms with Gasteiger partial charge in [-0.2, -0.15) is 0 Å². The summed E-state index contributed by atoms with van der Waals surface area (Å²) in [5, 5.41) is 49.8. The number of hydrogen-bond acceptors (Lipinski definition) is 20. The average Bonchev–Trinajstić information content (AvgIpc) is 2.69. The standard InChI is InChI=1S/C12H22O20S3/c13-1-3-6(15)8(10(11(17)28-3)32-35(24,25)26)30-12-9(31-34(21,22)23)7(16)5(14)4(29-12)2-27-33(18,19)20/h3-17H,1-2H2,(H,18,19,20)(H,21,22,23)(H,24,25,26)/p-3/t3-,4-,5+,6+,7+,8+,9-,10-,11-,12-/m1/s1. The number of aliphatic hydroxyl groups excluding tert-OH is 5. The van der Waals surface area contributed by atoms with Crippen LogP contribution in [0.5, 0.6) is 0 Å². The summed E-state index contributed by atoms with van der Waals surface area (Å²) in [5.74, 6) is 0. The van der Waals surface area contributed by atoms with Gasteiger partial charge in [0.1, 0.15) is 36.6 Å². The van der Waals surface area contributed by atoms with Crippen molar-refractivity contribution in [2.45, 2.75) is 61.4 Å². The van der Waals surface area contributed by atoms with Crippen molar-refractivity contribution in [3.8, 4) is 0 Å². The monoisotopic (exact) mass is 579 g/mol. The number of rotatable bonds is 10. The van der Waals surface area contributed by atoms with Gasteiger partial charge in [0.15, 0.2) is 24.8 Å². The summed E-state index contributed by atoms with van der Waals surface area (Å²) < 4.78 is 125. The van der Waals surface area contributed by atoms with Crippen molar-refractivity contribution in [2.75, 3.05) is 13.2 Å². The highest BCUT2D eigenvalue weighted by molar-refractivity contribution is 7.81. The van der Waals surface area contributed by atoms with Gasteiger partial charge in [0.2, 0.25) is 31.2 Å². The molecule has 0 aromatic rings. The average molecular weight is 579 g/mol. The van der Waals surface area contributed by atoms with E-state index in [0.717, 1.165) is 0 Å². The van der Waals surface area contributed by atoms with Gasteiger partial charge in [-0.1, -0.05) is 0 Å². The lowest BCUT2D eigenvalue weighted by atomic mass is 9.97. The Morgan fingerprint density at radius 1 is 0.686 bits per heavy atom. The van der Waals surface area contributed by atoms with Gasteiger partial charge in [0.05, 0.1) is 13.2 Å². The van der Waals surface area contributed by atoms with E-state index in [1.807, 2.05) is 0 Å². The molecule has 2 heterocycles. The van der Waals surface area contributed by atoms with Crippen molar-refractivity contribution in [1.82, 2.24) is 0 Å². The van der Waals surface area contributed by atoms with E-state index in [4.69, 9.17) is 9.47 Å². The fourth-order valence-corrected chi connectivity index (χ4v) is 4.40. The van der Waals surface area contributed by atoms with Crippen molar-refractivity contribution < 1.29 is 91.2 Å². The minimum absolute atomic E-state index is 1.05. The summed E-state index contributed by atoms with van der Waals surface area (Å²) in [6, 6.07) is 0. The molecule has 0 amide bonds. The lowest BCUT2D eigenvalue weighted by Crippen LogP contribution is -2.65. The molecule has 0 saturated carbocycles. The van der Waals surface area contributed by atoms with Crippen molar-refractivity contribution in [2.24, 2.45) is 0 Å². The van der Waals surface area contributed by atoms with Crippen molar-refractivity contribution in [1.29, 1.82) is 0 Å². The molecule has 0 aromatic heterocycles. The Kier molecular flexibility index (Phi) is 9.90. The van der Waals surface area contributed by atoms with E-state index in [2.05, 4.69) is 17.3 Å². The Bertz CT molecular complexity index is 1020. The molecule has 2 saturated heterocycles. The van der Waals surface area contributed by atoms with E-state index in [0.29, 0.717) is 0 Å². The molecule has 2 fully saturated rings. The number of hydrogen-bond donors (Lipinski definition) is 5. The third-order valence-corrected chi connectivity index (χ3v) is 5.93. The zero-order chi connectivity index (χ0) is 26.9. The van der Waals surface area contributed by atoms with Crippen molar-refractivity contribution >= 4 is 31.2 Å². The molecule has 0 aromatic carbocycles. The maximum Gasteiger partial charge on any atom is 0.218 e. The number of ether oxygens (including phenoxy) is 3. The maximum atomic E-state index is 11.1. The first kappa shape index (κ1) is 30.5. The summed E-state index contributed by atoms with van der Waals surface area (Å²) in [4.78, 5) is 0. The maximum absolute atomic E-state index is 11.1. The molecule has 35 heavy (non-hydrogen) atoms. The molecular weight excluding hydrogens is 560 g/mol. The summed E-state index contributed by atoms with van der Waals surface area (Å²) in [5.41, 5.74) is 0. The van der Waals surface area contributed by atoms with Crippen LogP contribution >= 0.6 is 0 Å². The van der Waals surface area contributed by atoms with Crippen molar-refractivity contribution in [3.05, 3.63) is 0 Å². The Morgan fingerprint density at radius 3 is 1.71 bits per heavy atom. The van der Waals surface area contributed by atoms with Crippen LogP contribution < -0.4 is 0 Å². The zero-order valence-electron chi connectivity index (χ0n) is 16.8. The molecule has 2 aliphatic rings. The van der Waals surface area contributed by atoms with Crippen LogP contribution in [0.1, 0.15) is 0 Å². The van der Waals surface area contributed by atoms with Gasteiger partial charge in [-0.15, -0.1) is 0 Å². The minimum Gasteiger partial charge on any atom is -0.726 e. The smallest absolute Gasteiger partial charge is 0.218 e. The molecule has 2 rings (SSSR count). The highest BCUT2D eigenvalue weighted by Crippen LogP contribution is 2.32. The van der Waals surface area contributed by atoms with Crippen LogP contribution in [0, 0.1) is 0 Å². The summed E-state index contributed by atoms with van der Waals surface area (Å²) in [7, 11) is -16.7. The molecule has 208 valence electrons. The quantitative estimate of drug-likeness (QED) is 0.118. The van der Waals surface area contributed by atoms with Gasteiger partial charge in [0, 0.05) is 0 Å². The molecule has 0 unspecified atom stereocenters. The molecule has 2 aliphatic heterocycles. The zero-order valence-corrected chi connectivity index (χ0v) is 19.2. The Hall–Kier alpha value is -0.710. The Labute approximate surface area is 197 Å². The second-order valence-corrected chi connectivity index (χ2v) is 10.1. The predicted octanol–water partition coefficient (Wildman–Crippen LogP) is -6.94. The molecule has 23 heteroatoms. The third-order valence-electron chi connectivity index (χ3n) is 4.59. The summed E-state index contributed by atoms with van der Waals surface area (Å²) in [6.45, 7) is -2.36. The SMILES string of the molecule is O=S(=O)([O-])OC[C@H]1O[C@H](O[C@H]2[C@@H](O)[C@@H](CO)O[C@@H](O)[C@@H]2OS(=O)(=O)[O-])[C@H](OS(=O)(=O)[O-])[C@@H](O)[C@H]1O. The van der Waals surface area contributed by atoms with Gasteiger partial charge in [-0.05, 0) is 0 Å². The van der Waals surface area contributed by atoms with E-state index in [9.17, 15) is 64.4 Å². The fourth-order valence-electron chi connectivity index (χ4n) is 3.15. The highest BCUT2D eigenvalue weighted by Gasteiger charge is 2.53. The molecule has 10 atom stereocenters. The third kappa shape index (κ3) is 8.68. The molecular formula is C12H19O20S3-3. The Balaban J connectivity index is 2.43. The normalized spacial score (nSPS) is 39.4. The molecule has 0 spiro atoms. The summed E-state index contributed by atoms with van der Waals surface area (Å²) in [6.07, 6.45) is -22.7. The summed E-state index contributed by atoms with van der Waals surface area (Å²) >= 11 is 0. The first-order valence-electron chi connectivity index (χ1n) is 9.01. The topological polar surface area (TPSA) is 328 Å². The van der Waals surface area contributed by atoms with Crippen LogP contribution in [-0.4, -0.2) is 139 Å². The predicted molar refractivity (Wildman–Crippen MR) is 94.3 cm³/mol. The van der Waals surface area contributed by atoms with Crippen LogP contribution in [0.25, 0.3) is 0 Å². The minimum atomic E-state index is -5.70. The van der Waals surface area contributed by atoms with Gasteiger partial charge < -0.3 is 53.4 Å². The van der Waals surface area contributed by atoms with Crippen LogP contribution in [0.2, 0.25) is 0 Å². The highest BCUT2D eigenvalue weighted by atomic mass is 32.3. The van der Waals surface area contributed by atoms with E-state index >= 15 is 0 Å². The molecule has 0 bridgehead atoms. The molecule has 0 radical (unpaired) electrons. The van der Waals surface area contributed by atoms with E-state index in [1.54, 1.807) is 0 Å². The van der Waals surface area contributed by atoms with E-state index in [1.165, 1.54) is 0 Å². The fraction of sp³-hybridized carbons (Fsp3) is 1.00. The molecule has 20 nitrogen and oxygen atoms in total. The van der Waals surface area contributed by atoms with Gasteiger partial charge >= 0.3 is 0 Å². The number of aliphatic hydroxyl groups is 5. The van der Waals surface area contributed by atoms with Gasteiger partial charge in [-0.3, -0.25) is 12.5 Å². The molecule has 5 N–H and O–H groups in total. The lowest BCUT2D eigenvalue weighted by molar-refractivity contribution is -0.349. The van der Waals surface area contributed by atoms with Crippen molar-refractivity contribution in [3.63, 3.8) is 0 Å².